The lowest BCUT2D eigenvalue weighted by Crippen LogP contribution is -2.57. The molecule has 0 aromatic carbocycles. The predicted molar refractivity (Wildman–Crippen MR) is 108 cm³/mol. The van der Waals surface area contributed by atoms with Crippen molar-refractivity contribution in [3.8, 4) is 0 Å². The molecule has 0 saturated carbocycles. The van der Waals surface area contributed by atoms with Crippen molar-refractivity contribution in [3.63, 3.8) is 0 Å². The molecule has 3 heterocycles. The van der Waals surface area contributed by atoms with E-state index in [2.05, 4.69) is 25.1 Å². The van der Waals surface area contributed by atoms with Gasteiger partial charge < -0.3 is 14.8 Å². The van der Waals surface area contributed by atoms with Crippen LogP contribution in [0.3, 0.4) is 0 Å². The number of aryl methyl sites for hydroxylation is 1. The van der Waals surface area contributed by atoms with Gasteiger partial charge in [-0.2, -0.15) is 0 Å². The van der Waals surface area contributed by atoms with Crippen LogP contribution in [0.5, 0.6) is 0 Å². The van der Waals surface area contributed by atoms with E-state index in [-0.39, 0.29) is 29.7 Å². The van der Waals surface area contributed by atoms with Crippen molar-refractivity contribution in [2.24, 2.45) is 4.99 Å². The minimum absolute atomic E-state index is 0. The van der Waals surface area contributed by atoms with E-state index in [9.17, 15) is 8.42 Å². The molecule has 0 aliphatic carbocycles. The molecule has 1 saturated heterocycles. The second kappa shape index (κ2) is 7.77. The van der Waals surface area contributed by atoms with Crippen LogP contribution in [0.1, 0.15) is 38.8 Å². The summed E-state index contributed by atoms with van der Waals surface area (Å²) in [7, 11) is -3.06. The second-order valence-corrected chi connectivity index (χ2v) is 9.70. The topological polar surface area (TPSA) is 92.5 Å². The maximum absolute atomic E-state index is 12.2. The van der Waals surface area contributed by atoms with Crippen LogP contribution in [-0.2, 0) is 29.3 Å². The second-order valence-electron chi connectivity index (χ2n) is 6.96. The number of rotatable bonds is 3. The molecule has 1 aromatic heterocycles. The fourth-order valence-corrected chi connectivity index (χ4v) is 4.59. The zero-order valence-corrected chi connectivity index (χ0v) is 18.2. The van der Waals surface area contributed by atoms with Crippen LogP contribution in [0.4, 0.5) is 0 Å². The quantitative estimate of drug-likeness (QED) is 0.390. The minimum Gasteiger partial charge on any atom is -0.357 e. The number of fused-ring (bicyclic) bond motifs is 1. The number of halogens is 1. The molecule has 2 aliphatic heterocycles. The van der Waals surface area contributed by atoms with Crippen LogP contribution in [0.2, 0.25) is 0 Å². The zero-order chi connectivity index (χ0) is 17.4. The van der Waals surface area contributed by atoms with Crippen molar-refractivity contribution >= 4 is 39.8 Å². The van der Waals surface area contributed by atoms with Gasteiger partial charge in [0, 0.05) is 32.6 Å². The summed E-state index contributed by atoms with van der Waals surface area (Å²) >= 11 is 0. The first-order chi connectivity index (χ1) is 11.3. The SMILES string of the molecule is CCNC(=NCc1nnc2n1CCC2)N1CCS(=O)(=O)C(C)(C)C1.I. The molecule has 2 aliphatic rings. The van der Waals surface area contributed by atoms with E-state index < -0.39 is 14.6 Å². The first-order valence-electron chi connectivity index (χ1n) is 8.50. The number of nitrogens with zero attached hydrogens (tertiary/aromatic N) is 5. The van der Waals surface area contributed by atoms with Gasteiger partial charge in [0.2, 0.25) is 0 Å². The van der Waals surface area contributed by atoms with Crippen molar-refractivity contribution in [3.05, 3.63) is 11.6 Å². The summed E-state index contributed by atoms with van der Waals surface area (Å²) in [6.45, 7) is 8.63. The van der Waals surface area contributed by atoms with Gasteiger partial charge in [0.05, 0.1) is 10.5 Å². The van der Waals surface area contributed by atoms with Crippen LogP contribution in [0.25, 0.3) is 0 Å². The van der Waals surface area contributed by atoms with Crippen LogP contribution < -0.4 is 5.32 Å². The van der Waals surface area contributed by atoms with E-state index in [0.717, 1.165) is 43.5 Å². The van der Waals surface area contributed by atoms with E-state index in [1.165, 1.54) is 0 Å². The van der Waals surface area contributed by atoms with Gasteiger partial charge in [0.15, 0.2) is 21.6 Å². The molecule has 0 amide bonds. The molecular formula is C15H27IN6O2S. The van der Waals surface area contributed by atoms with Crippen molar-refractivity contribution in [1.82, 2.24) is 25.0 Å². The van der Waals surface area contributed by atoms with Crippen LogP contribution in [0.15, 0.2) is 4.99 Å². The van der Waals surface area contributed by atoms with Gasteiger partial charge in [-0.25, -0.2) is 13.4 Å². The summed E-state index contributed by atoms with van der Waals surface area (Å²) in [5, 5.41) is 11.7. The molecular weight excluding hydrogens is 455 g/mol. The minimum atomic E-state index is -3.06. The first-order valence-corrected chi connectivity index (χ1v) is 10.2. The third-order valence-corrected chi connectivity index (χ3v) is 7.27. The molecule has 0 unspecified atom stereocenters. The third-order valence-electron chi connectivity index (χ3n) is 4.73. The average Bonchev–Trinajstić information content (AvgIpc) is 3.10. The Morgan fingerprint density at radius 2 is 2.08 bits per heavy atom. The van der Waals surface area contributed by atoms with Crippen molar-refractivity contribution < 1.29 is 8.42 Å². The summed E-state index contributed by atoms with van der Waals surface area (Å²) in [5.74, 6) is 2.82. The number of guanidine groups is 1. The molecule has 1 N–H and O–H groups in total. The predicted octanol–water partition coefficient (Wildman–Crippen LogP) is 0.817. The summed E-state index contributed by atoms with van der Waals surface area (Å²) < 4.78 is 25.8. The van der Waals surface area contributed by atoms with Gasteiger partial charge >= 0.3 is 0 Å². The summed E-state index contributed by atoms with van der Waals surface area (Å²) in [4.78, 5) is 6.72. The summed E-state index contributed by atoms with van der Waals surface area (Å²) in [6, 6.07) is 0. The van der Waals surface area contributed by atoms with Crippen molar-refractivity contribution in [1.29, 1.82) is 0 Å². The monoisotopic (exact) mass is 482 g/mol. The van der Waals surface area contributed by atoms with Gasteiger partial charge in [-0.1, -0.05) is 0 Å². The average molecular weight is 482 g/mol. The van der Waals surface area contributed by atoms with E-state index in [4.69, 9.17) is 0 Å². The largest absolute Gasteiger partial charge is 0.357 e. The lowest BCUT2D eigenvalue weighted by Gasteiger charge is -2.39. The molecule has 1 aromatic rings. The van der Waals surface area contributed by atoms with Gasteiger partial charge in [-0.05, 0) is 27.2 Å². The molecule has 8 nitrogen and oxygen atoms in total. The Morgan fingerprint density at radius 1 is 1.32 bits per heavy atom. The maximum Gasteiger partial charge on any atom is 0.194 e. The van der Waals surface area contributed by atoms with E-state index >= 15 is 0 Å². The number of sulfone groups is 1. The molecule has 0 atom stereocenters. The lowest BCUT2D eigenvalue weighted by molar-refractivity contribution is 0.353. The molecule has 10 heteroatoms. The highest BCUT2D eigenvalue weighted by Gasteiger charge is 2.41. The summed E-state index contributed by atoms with van der Waals surface area (Å²) in [6.07, 6.45) is 2.09. The van der Waals surface area contributed by atoms with Crippen molar-refractivity contribution in [2.75, 3.05) is 25.4 Å². The van der Waals surface area contributed by atoms with Gasteiger partial charge in [0.1, 0.15) is 12.4 Å². The van der Waals surface area contributed by atoms with Gasteiger partial charge in [-0.3, -0.25) is 0 Å². The Morgan fingerprint density at radius 3 is 2.76 bits per heavy atom. The van der Waals surface area contributed by atoms with Crippen LogP contribution >= 0.6 is 24.0 Å². The fourth-order valence-electron chi connectivity index (χ4n) is 3.22. The standard InChI is InChI=1S/C15H26N6O2S.HI/c1-4-16-14(20-8-9-24(22,23)15(2,3)11-20)17-10-13-19-18-12-6-5-7-21(12)13;/h4-11H2,1-3H3,(H,16,17);1H. The fraction of sp³-hybridized carbons (Fsp3) is 0.800. The highest BCUT2D eigenvalue weighted by Crippen LogP contribution is 2.24. The molecule has 3 rings (SSSR count). The number of hydrogen-bond acceptors (Lipinski definition) is 5. The Labute approximate surface area is 166 Å². The molecule has 0 spiro atoms. The van der Waals surface area contributed by atoms with Crippen molar-refractivity contribution in [2.45, 2.75) is 51.4 Å². The molecule has 0 radical (unpaired) electrons. The van der Waals surface area contributed by atoms with Crippen LogP contribution in [-0.4, -0.2) is 64.2 Å². The lowest BCUT2D eigenvalue weighted by atomic mass is 10.2. The zero-order valence-electron chi connectivity index (χ0n) is 15.0. The Bertz CT molecular complexity index is 743. The van der Waals surface area contributed by atoms with Gasteiger partial charge in [0.25, 0.3) is 0 Å². The number of hydrogen-bond donors (Lipinski definition) is 1. The Kier molecular flexibility index (Phi) is 6.34. The Balaban J connectivity index is 0.00000225. The smallest absolute Gasteiger partial charge is 0.194 e. The number of nitrogens with one attached hydrogen (secondary N) is 1. The third kappa shape index (κ3) is 4.09. The van der Waals surface area contributed by atoms with Crippen LogP contribution in [0, 0.1) is 0 Å². The van der Waals surface area contributed by atoms with E-state index in [1.54, 1.807) is 13.8 Å². The molecule has 25 heavy (non-hydrogen) atoms. The van der Waals surface area contributed by atoms with Gasteiger partial charge in [-0.15, -0.1) is 34.2 Å². The van der Waals surface area contributed by atoms with E-state index in [0.29, 0.717) is 19.6 Å². The normalized spacial score (nSPS) is 21.6. The first kappa shape index (κ1) is 20.4. The highest BCUT2D eigenvalue weighted by atomic mass is 127. The molecule has 1 fully saturated rings. The Hall–Kier alpha value is -0.910. The molecule has 142 valence electrons. The van der Waals surface area contributed by atoms with E-state index in [1.807, 2.05) is 11.8 Å². The number of aromatic nitrogens is 3. The number of aliphatic imine (C=N–C) groups is 1. The highest BCUT2D eigenvalue weighted by molar-refractivity contribution is 14.0. The molecule has 0 bridgehead atoms. The summed E-state index contributed by atoms with van der Waals surface area (Å²) in [5.41, 5.74) is 0. The maximum atomic E-state index is 12.2.